The van der Waals surface area contributed by atoms with Gasteiger partial charge in [-0.25, -0.2) is 18.4 Å². The van der Waals surface area contributed by atoms with E-state index in [0.29, 0.717) is 5.69 Å². The predicted octanol–water partition coefficient (Wildman–Crippen LogP) is 3.68. The van der Waals surface area contributed by atoms with Gasteiger partial charge in [0.15, 0.2) is 17.7 Å². The van der Waals surface area contributed by atoms with Gasteiger partial charge in [-0.3, -0.25) is 4.79 Å². The Kier molecular flexibility index (Phi) is 7.85. The van der Waals surface area contributed by atoms with Crippen LogP contribution in [0.3, 0.4) is 0 Å². The zero-order chi connectivity index (χ0) is 22.3. The number of para-hydroxylation sites is 1. The molecule has 0 fully saturated rings. The summed E-state index contributed by atoms with van der Waals surface area (Å²) in [6.07, 6.45) is -1.23. The molecule has 0 aliphatic rings. The Morgan fingerprint density at radius 2 is 1.53 bits per heavy atom. The zero-order valence-corrected chi connectivity index (χ0v) is 16.7. The lowest BCUT2D eigenvalue weighted by Crippen LogP contribution is -2.48. The Hall–Kier alpha value is -3.49. The second-order valence-corrected chi connectivity index (χ2v) is 6.88. The largest absolute Gasteiger partial charge is 0.451 e. The molecular formula is C21H23F2N3O4. The normalized spacial score (nSPS) is 12.6. The number of hydrogen-bond acceptors (Lipinski definition) is 4. The van der Waals surface area contributed by atoms with Crippen molar-refractivity contribution in [2.75, 3.05) is 10.6 Å². The molecule has 0 saturated heterocycles. The summed E-state index contributed by atoms with van der Waals surface area (Å²) < 4.78 is 31.4. The second-order valence-electron chi connectivity index (χ2n) is 6.88. The highest BCUT2D eigenvalue weighted by Gasteiger charge is 2.29. The van der Waals surface area contributed by atoms with Crippen LogP contribution in [0.1, 0.15) is 20.8 Å². The molecule has 0 heterocycles. The molecule has 9 heteroatoms. The molecule has 0 saturated carbocycles. The van der Waals surface area contributed by atoms with Gasteiger partial charge in [0.25, 0.3) is 5.91 Å². The third kappa shape index (κ3) is 6.54. The summed E-state index contributed by atoms with van der Waals surface area (Å²) in [5.74, 6) is -4.02. The maximum Gasteiger partial charge on any atom is 0.329 e. The lowest BCUT2D eigenvalue weighted by Gasteiger charge is -2.23. The van der Waals surface area contributed by atoms with Gasteiger partial charge in [0.1, 0.15) is 6.04 Å². The molecule has 2 rings (SSSR count). The number of anilines is 2. The number of halogens is 2. The predicted molar refractivity (Wildman–Crippen MR) is 108 cm³/mol. The van der Waals surface area contributed by atoms with Gasteiger partial charge >= 0.3 is 12.0 Å². The molecule has 0 spiro atoms. The van der Waals surface area contributed by atoms with Crippen LogP contribution in [-0.4, -0.2) is 30.1 Å². The Bertz CT molecular complexity index is 906. The van der Waals surface area contributed by atoms with Crippen LogP contribution in [0.15, 0.2) is 48.5 Å². The number of carbonyl (C=O) groups is 3. The number of carbonyl (C=O) groups excluding carboxylic acids is 3. The summed E-state index contributed by atoms with van der Waals surface area (Å²) in [4.78, 5) is 36.9. The molecule has 2 aromatic carbocycles. The molecule has 7 nitrogen and oxygen atoms in total. The highest BCUT2D eigenvalue weighted by molar-refractivity contribution is 5.96. The SMILES string of the molecule is CC(C)[C@@H](NC(=O)Nc1ccccc1)C(=O)O[C@@H](C)C(=O)Nc1ccc(F)c(F)c1. The molecule has 0 bridgehead atoms. The zero-order valence-electron chi connectivity index (χ0n) is 16.7. The third-order valence-electron chi connectivity index (χ3n) is 4.09. The van der Waals surface area contributed by atoms with Crippen molar-refractivity contribution >= 4 is 29.3 Å². The van der Waals surface area contributed by atoms with Crippen LogP contribution in [0.5, 0.6) is 0 Å². The van der Waals surface area contributed by atoms with Crippen molar-refractivity contribution in [3.05, 3.63) is 60.2 Å². The number of nitrogens with one attached hydrogen (secondary N) is 3. The second kappa shape index (κ2) is 10.3. The topological polar surface area (TPSA) is 96.5 Å². The molecule has 0 unspecified atom stereocenters. The van der Waals surface area contributed by atoms with Gasteiger partial charge in [-0.05, 0) is 37.1 Å². The number of urea groups is 1. The summed E-state index contributed by atoms with van der Waals surface area (Å²) in [5.41, 5.74) is 0.563. The molecule has 3 N–H and O–H groups in total. The monoisotopic (exact) mass is 419 g/mol. The fourth-order valence-electron chi connectivity index (χ4n) is 2.45. The van der Waals surface area contributed by atoms with Crippen molar-refractivity contribution in [1.29, 1.82) is 0 Å². The summed E-state index contributed by atoms with van der Waals surface area (Å²) in [5, 5.41) is 7.46. The fraction of sp³-hybridized carbons (Fsp3) is 0.286. The smallest absolute Gasteiger partial charge is 0.329 e. The van der Waals surface area contributed by atoms with E-state index in [9.17, 15) is 23.2 Å². The first-order chi connectivity index (χ1) is 14.2. The number of hydrogen-bond donors (Lipinski definition) is 3. The van der Waals surface area contributed by atoms with Crippen molar-refractivity contribution in [3.63, 3.8) is 0 Å². The molecule has 2 aromatic rings. The van der Waals surface area contributed by atoms with Crippen molar-refractivity contribution in [2.24, 2.45) is 5.92 Å². The highest BCUT2D eigenvalue weighted by atomic mass is 19.2. The first kappa shape index (κ1) is 22.8. The van der Waals surface area contributed by atoms with Gasteiger partial charge in [-0.2, -0.15) is 0 Å². The van der Waals surface area contributed by atoms with E-state index in [-0.39, 0.29) is 11.6 Å². The van der Waals surface area contributed by atoms with E-state index in [1.807, 2.05) is 0 Å². The van der Waals surface area contributed by atoms with E-state index in [1.54, 1.807) is 44.2 Å². The highest BCUT2D eigenvalue weighted by Crippen LogP contribution is 2.14. The molecule has 0 aromatic heterocycles. The van der Waals surface area contributed by atoms with Gasteiger partial charge in [-0.15, -0.1) is 0 Å². The van der Waals surface area contributed by atoms with Crippen molar-refractivity contribution in [3.8, 4) is 0 Å². The maximum atomic E-state index is 13.3. The van der Waals surface area contributed by atoms with E-state index in [1.165, 1.54) is 13.0 Å². The summed E-state index contributed by atoms with van der Waals surface area (Å²) in [6, 6.07) is 9.91. The number of esters is 1. The summed E-state index contributed by atoms with van der Waals surface area (Å²) >= 11 is 0. The Balaban J connectivity index is 1.94. The average Bonchev–Trinajstić information content (AvgIpc) is 2.69. The van der Waals surface area contributed by atoms with Crippen molar-refractivity contribution < 1.29 is 27.9 Å². The van der Waals surface area contributed by atoms with Crippen LogP contribution in [0, 0.1) is 17.6 Å². The Morgan fingerprint density at radius 1 is 0.867 bits per heavy atom. The number of ether oxygens (including phenoxy) is 1. The Labute approximate surface area is 172 Å². The maximum absolute atomic E-state index is 13.3. The summed E-state index contributed by atoms with van der Waals surface area (Å²) in [6.45, 7) is 4.75. The van der Waals surface area contributed by atoms with Crippen molar-refractivity contribution in [1.82, 2.24) is 5.32 Å². The van der Waals surface area contributed by atoms with Gasteiger partial charge in [0.05, 0.1) is 0 Å². The average molecular weight is 419 g/mol. The van der Waals surface area contributed by atoms with Crippen LogP contribution in [0.4, 0.5) is 25.0 Å². The van der Waals surface area contributed by atoms with Gasteiger partial charge < -0.3 is 20.7 Å². The van der Waals surface area contributed by atoms with Crippen LogP contribution < -0.4 is 16.0 Å². The third-order valence-corrected chi connectivity index (χ3v) is 4.09. The van der Waals surface area contributed by atoms with E-state index in [4.69, 9.17) is 4.74 Å². The molecular weight excluding hydrogens is 396 g/mol. The minimum absolute atomic E-state index is 0.0163. The lowest BCUT2D eigenvalue weighted by atomic mass is 10.0. The number of benzene rings is 2. The van der Waals surface area contributed by atoms with E-state index in [0.717, 1.165) is 12.1 Å². The first-order valence-electron chi connectivity index (χ1n) is 9.26. The molecule has 3 amide bonds. The quantitative estimate of drug-likeness (QED) is 0.597. The molecule has 2 atom stereocenters. The molecule has 0 radical (unpaired) electrons. The van der Waals surface area contributed by atoms with E-state index < -0.39 is 41.7 Å². The minimum Gasteiger partial charge on any atom is -0.451 e. The van der Waals surface area contributed by atoms with E-state index >= 15 is 0 Å². The van der Waals surface area contributed by atoms with Crippen LogP contribution in [0.2, 0.25) is 0 Å². The number of amides is 3. The van der Waals surface area contributed by atoms with Crippen LogP contribution >= 0.6 is 0 Å². The molecule has 0 aliphatic heterocycles. The molecule has 0 aliphatic carbocycles. The van der Waals surface area contributed by atoms with Crippen molar-refractivity contribution in [2.45, 2.75) is 32.9 Å². The van der Waals surface area contributed by atoms with Gasteiger partial charge in [0.2, 0.25) is 0 Å². The number of rotatable bonds is 7. The van der Waals surface area contributed by atoms with Gasteiger partial charge in [-0.1, -0.05) is 32.0 Å². The molecule has 160 valence electrons. The molecule has 30 heavy (non-hydrogen) atoms. The standard InChI is InChI=1S/C21H23F2N3O4/c1-12(2)18(26-21(29)25-14-7-5-4-6-8-14)20(28)30-13(3)19(27)24-15-9-10-16(22)17(23)11-15/h4-13,18H,1-3H3,(H,24,27)(H2,25,26,29)/t13-,18+/m0/s1. The lowest BCUT2D eigenvalue weighted by molar-refractivity contribution is -0.156. The fourth-order valence-corrected chi connectivity index (χ4v) is 2.45. The van der Waals surface area contributed by atoms with Crippen LogP contribution in [-0.2, 0) is 14.3 Å². The Morgan fingerprint density at radius 3 is 2.13 bits per heavy atom. The first-order valence-corrected chi connectivity index (χ1v) is 9.26. The minimum atomic E-state index is -1.23. The van der Waals surface area contributed by atoms with Gasteiger partial charge in [0, 0.05) is 17.4 Å². The summed E-state index contributed by atoms with van der Waals surface area (Å²) in [7, 11) is 0. The van der Waals surface area contributed by atoms with E-state index in [2.05, 4.69) is 16.0 Å². The van der Waals surface area contributed by atoms with Crippen LogP contribution in [0.25, 0.3) is 0 Å².